The SMILES string of the molecule is O=C(Nc1cc(F)c(F)c(F)c1)c1ccc(O)cc1. The quantitative estimate of drug-likeness (QED) is 0.821. The van der Waals surface area contributed by atoms with Gasteiger partial charge in [-0.25, -0.2) is 13.2 Å². The van der Waals surface area contributed by atoms with Crippen molar-refractivity contribution in [1.82, 2.24) is 0 Å². The van der Waals surface area contributed by atoms with E-state index < -0.39 is 23.4 Å². The van der Waals surface area contributed by atoms with Crippen molar-refractivity contribution in [2.45, 2.75) is 0 Å². The van der Waals surface area contributed by atoms with Crippen molar-refractivity contribution >= 4 is 11.6 Å². The predicted octanol–water partition coefficient (Wildman–Crippen LogP) is 3.06. The van der Waals surface area contributed by atoms with E-state index in [1.807, 2.05) is 0 Å². The van der Waals surface area contributed by atoms with E-state index in [9.17, 15) is 18.0 Å². The zero-order valence-corrected chi connectivity index (χ0v) is 9.45. The van der Waals surface area contributed by atoms with Crippen LogP contribution in [0.1, 0.15) is 10.4 Å². The third kappa shape index (κ3) is 2.85. The number of carbonyl (C=O) groups excluding carboxylic acids is 1. The number of halogens is 3. The van der Waals surface area contributed by atoms with Gasteiger partial charge in [-0.05, 0) is 24.3 Å². The average molecular weight is 267 g/mol. The molecule has 0 radical (unpaired) electrons. The molecule has 0 bridgehead atoms. The number of hydrogen-bond acceptors (Lipinski definition) is 2. The fourth-order valence-electron chi connectivity index (χ4n) is 1.44. The number of amides is 1. The average Bonchev–Trinajstić information content (AvgIpc) is 2.36. The van der Waals surface area contributed by atoms with Gasteiger partial charge < -0.3 is 10.4 Å². The molecule has 0 aliphatic carbocycles. The lowest BCUT2D eigenvalue weighted by atomic mass is 10.2. The summed E-state index contributed by atoms with van der Waals surface area (Å²) >= 11 is 0. The molecule has 2 rings (SSSR count). The van der Waals surface area contributed by atoms with E-state index in [0.29, 0.717) is 12.1 Å². The molecule has 0 saturated carbocycles. The van der Waals surface area contributed by atoms with Crippen molar-refractivity contribution in [2.75, 3.05) is 5.32 Å². The molecular weight excluding hydrogens is 259 g/mol. The van der Waals surface area contributed by atoms with E-state index in [1.165, 1.54) is 24.3 Å². The number of rotatable bonds is 2. The molecule has 98 valence electrons. The van der Waals surface area contributed by atoms with Crippen LogP contribution in [0.4, 0.5) is 18.9 Å². The fourth-order valence-corrected chi connectivity index (χ4v) is 1.44. The highest BCUT2D eigenvalue weighted by Gasteiger charge is 2.13. The lowest BCUT2D eigenvalue weighted by molar-refractivity contribution is 0.102. The molecule has 0 aliphatic heterocycles. The van der Waals surface area contributed by atoms with E-state index >= 15 is 0 Å². The van der Waals surface area contributed by atoms with Crippen LogP contribution in [0.2, 0.25) is 0 Å². The molecule has 2 aromatic carbocycles. The number of hydrogen-bond donors (Lipinski definition) is 2. The molecule has 19 heavy (non-hydrogen) atoms. The monoisotopic (exact) mass is 267 g/mol. The van der Waals surface area contributed by atoms with Crippen molar-refractivity contribution in [1.29, 1.82) is 0 Å². The van der Waals surface area contributed by atoms with Crippen molar-refractivity contribution in [3.05, 3.63) is 59.4 Å². The van der Waals surface area contributed by atoms with Crippen LogP contribution in [0.3, 0.4) is 0 Å². The maximum Gasteiger partial charge on any atom is 0.255 e. The molecule has 0 unspecified atom stereocenters. The normalized spacial score (nSPS) is 10.3. The summed E-state index contributed by atoms with van der Waals surface area (Å²) in [6.07, 6.45) is 0. The lowest BCUT2D eigenvalue weighted by Crippen LogP contribution is -2.12. The highest BCUT2D eigenvalue weighted by atomic mass is 19.2. The van der Waals surface area contributed by atoms with Gasteiger partial charge in [-0.2, -0.15) is 0 Å². The number of aromatic hydroxyl groups is 1. The van der Waals surface area contributed by atoms with E-state index in [0.717, 1.165) is 0 Å². The summed E-state index contributed by atoms with van der Waals surface area (Å²) in [5.41, 5.74) is -0.0163. The van der Waals surface area contributed by atoms with E-state index in [4.69, 9.17) is 5.11 Å². The van der Waals surface area contributed by atoms with E-state index in [2.05, 4.69) is 5.32 Å². The molecule has 6 heteroatoms. The summed E-state index contributed by atoms with van der Waals surface area (Å²) < 4.78 is 38.6. The third-order valence-electron chi connectivity index (χ3n) is 2.37. The molecule has 2 aromatic rings. The Kier molecular flexibility index (Phi) is 3.41. The van der Waals surface area contributed by atoms with Gasteiger partial charge in [0.05, 0.1) is 0 Å². The number of benzene rings is 2. The zero-order chi connectivity index (χ0) is 14.0. The largest absolute Gasteiger partial charge is 0.508 e. The number of nitrogens with one attached hydrogen (secondary N) is 1. The van der Waals surface area contributed by atoms with Gasteiger partial charge in [0.1, 0.15) is 5.75 Å². The van der Waals surface area contributed by atoms with Crippen LogP contribution in [0.25, 0.3) is 0 Å². The fraction of sp³-hybridized carbons (Fsp3) is 0. The summed E-state index contributed by atoms with van der Waals surface area (Å²) in [5.74, 6) is -5.02. The molecule has 0 fully saturated rings. The van der Waals surface area contributed by atoms with E-state index in [1.54, 1.807) is 0 Å². The Morgan fingerprint density at radius 1 is 1.00 bits per heavy atom. The molecule has 0 aliphatic rings. The Morgan fingerprint density at radius 2 is 1.53 bits per heavy atom. The van der Waals surface area contributed by atoms with Crippen molar-refractivity contribution in [3.8, 4) is 5.75 Å². The van der Waals surface area contributed by atoms with Gasteiger partial charge in [-0.3, -0.25) is 4.79 Å². The van der Waals surface area contributed by atoms with Crippen LogP contribution in [0.5, 0.6) is 5.75 Å². The summed E-state index contributed by atoms with van der Waals surface area (Å²) in [6.45, 7) is 0. The molecule has 0 atom stereocenters. The zero-order valence-electron chi connectivity index (χ0n) is 9.45. The van der Waals surface area contributed by atoms with Gasteiger partial charge in [-0.15, -0.1) is 0 Å². The molecule has 0 saturated heterocycles. The third-order valence-corrected chi connectivity index (χ3v) is 2.37. The number of phenolic OH excluding ortho intramolecular Hbond substituents is 1. The maximum absolute atomic E-state index is 12.9. The highest BCUT2D eigenvalue weighted by molar-refractivity contribution is 6.04. The van der Waals surface area contributed by atoms with Crippen LogP contribution < -0.4 is 5.32 Å². The second-order valence-electron chi connectivity index (χ2n) is 3.75. The Bertz CT molecular complexity index is 603. The van der Waals surface area contributed by atoms with Gasteiger partial charge in [0.2, 0.25) is 0 Å². The molecule has 1 amide bonds. The first-order valence-electron chi connectivity index (χ1n) is 5.22. The van der Waals surface area contributed by atoms with Crippen LogP contribution in [0.15, 0.2) is 36.4 Å². The second-order valence-corrected chi connectivity index (χ2v) is 3.75. The van der Waals surface area contributed by atoms with Gasteiger partial charge in [0.15, 0.2) is 17.5 Å². The summed E-state index contributed by atoms with van der Waals surface area (Å²) in [4.78, 5) is 11.7. The molecule has 3 nitrogen and oxygen atoms in total. The Labute approximate surface area is 106 Å². The minimum atomic E-state index is -1.59. The number of carbonyl (C=O) groups is 1. The highest BCUT2D eigenvalue weighted by Crippen LogP contribution is 2.18. The number of phenols is 1. The lowest BCUT2D eigenvalue weighted by Gasteiger charge is -2.06. The second kappa shape index (κ2) is 5.01. The summed E-state index contributed by atoms with van der Waals surface area (Å²) in [6, 6.07) is 6.61. The van der Waals surface area contributed by atoms with Crippen LogP contribution in [-0.2, 0) is 0 Å². The Morgan fingerprint density at radius 3 is 2.05 bits per heavy atom. The topological polar surface area (TPSA) is 49.3 Å². The van der Waals surface area contributed by atoms with Crippen molar-refractivity contribution in [3.63, 3.8) is 0 Å². The molecule has 2 N–H and O–H groups in total. The van der Waals surface area contributed by atoms with Crippen LogP contribution >= 0.6 is 0 Å². The van der Waals surface area contributed by atoms with Gasteiger partial charge in [0.25, 0.3) is 5.91 Å². The minimum absolute atomic E-state index is 0.0181. The first-order chi connectivity index (χ1) is 8.97. The van der Waals surface area contributed by atoms with Crippen molar-refractivity contribution < 1.29 is 23.1 Å². The molecular formula is C13H8F3NO2. The first-order valence-corrected chi connectivity index (χ1v) is 5.22. The Balaban J connectivity index is 2.22. The first kappa shape index (κ1) is 12.9. The standard InChI is InChI=1S/C13H8F3NO2/c14-10-5-8(6-11(15)12(10)16)17-13(19)7-1-3-9(18)4-2-7/h1-6,18H,(H,17,19). The molecule has 0 spiro atoms. The van der Waals surface area contributed by atoms with Gasteiger partial charge in [0, 0.05) is 23.4 Å². The molecule has 0 aromatic heterocycles. The summed E-state index contributed by atoms with van der Waals surface area (Å²) in [7, 11) is 0. The Hall–Kier alpha value is -2.50. The number of anilines is 1. The minimum Gasteiger partial charge on any atom is -0.508 e. The van der Waals surface area contributed by atoms with Gasteiger partial charge >= 0.3 is 0 Å². The predicted molar refractivity (Wildman–Crippen MR) is 62.4 cm³/mol. The maximum atomic E-state index is 12.9. The van der Waals surface area contributed by atoms with Crippen LogP contribution in [0, 0.1) is 17.5 Å². The molecule has 0 heterocycles. The van der Waals surface area contributed by atoms with E-state index in [-0.39, 0.29) is 17.0 Å². The van der Waals surface area contributed by atoms with Crippen molar-refractivity contribution in [2.24, 2.45) is 0 Å². The van der Waals surface area contributed by atoms with Gasteiger partial charge in [-0.1, -0.05) is 0 Å². The van der Waals surface area contributed by atoms with Crippen LogP contribution in [-0.4, -0.2) is 11.0 Å². The smallest absolute Gasteiger partial charge is 0.255 e. The summed E-state index contributed by atoms with van der Waals surface area (Å²) in [5, 5.41) is 11.3.